The van der Waals surface area contributed by atoms with Crippen LogP contribution in [0.2, 0.25) is 0 Å². The van der Waals surface area contributed by atoms with Crippen LogP contribution in [0.4, 0.5) is 0 Å². The summed E-state index contributed by atoms with van der Waals surface area (Å²) in [5.41, 5.74) is 3.67. The molecule has 3 nitrogen and oxygen atoms in total. The second-order valence-electron chi connectivity index (χ2n) is 7.50. The van der Waals surface area contributed by atoms with E-state index < -0.39 is 5.41 Å². The topological polar surface area (TPSA) is 43.4 Å². The van der Waals surface area contributed by atoms with Crippen LogP contribution in [0.3, 0.4) is 0 Å². The van der Waals surface area contributed by atoms with Gasteiger partial charge in [-0.15, -0.1) is 0 Å². The molecule has 0 aromatic heterocycles. The molecular formula is C21H30O3. The first kappa shape index (κ1) is 18.7. The Hall–Kier alpha value is -1.64. The van der Waals surface area contributed by atoms with Crippen molar-refractivity contribution >= 4 is 11.8 Å². The summed E-state index contributed by atoms with van der Waals surface area (Å²) in [6, 6.07) is 4.30. The van der Waals surface area contributed by atoms with E-state index in [1.165, 1.54) is 16.7 Å². The molecule has 0 radical (unpaired) electrons. The number of carbonyl (C=O) groups is 2. The van der Waals surface area contributed by atoms with Crippen molar-refractivity contribution in [2.24, 2.45) is 11.3 Å². The molecule has 0 heterocycles. The highest BCUT2D eigenvalue weighted by molar-refractivity contribution is 6.04. The molecule has 1 aromatic rings. The fourth-order valence-corrected chi connectivity index (χ4v) is 4.64. The number of ether oxygens (including phenoxy) is 1. The molecule has 0 bridgehead atoms. The molecule has 0 saturated heterocycles. The number of carbonyl (C=O) groups excluding carboxylic acids is 2. The van der Waals surface area contributed by atoms with Gasteiger partial charge < -0.3 is 4.74 Å². The average molecular weight is 330 g/mol. The van der Waals surface area contributed by atoms with E-state index in [1.54, 1.807) is 13.8 Å². The fourth-order valence-electron chi connectivity index (χ4n) is 4.64. The van der Waals surface area contributed by atoms with Gasteiger partial charge in [-0.3, -0.25) is 9.59 Å². The van der Waals surface area contributed by atoms with Gasteiger partial charge in [0.05, 0.1) is 6.61 Å². The number of hydrogen-bond donors (Lipinski definition) is 0. The van der Waals surface area contributed by atoms with Crippen LogP contribution in [0.25, 0.3) is 0 Å². The third-order valence-corrected chi connectivity index (χ3v) is 5.57. The average Bonchev–Trinajstić information content (AvgIpc) is 2.47. The Labute approximate surface area is 145 Å². The van der Waals surface area contributed by atoms with Gasteiger partial charge in [-0.2, -0.15) is 0 Å². The van der Waals surface area contributed by atoms with Crippen LogP contribution in [0, 0.1) is 32.1 Å². The van der Waals surface area contributed by atoms with Gasteiger partial charge in [0.15, 0.2) is 0 Å². The number of benzene rings is 1. The van der Waals surface area contributed by atoms with E-state index in [-0.39, 0.29) is 17.7 Å². The maximum Gasteiger partial charge on any atom is 0.320 e. The standard InChI is InChI=1S/C21H30O3/c1-7-24-20(23)21(17(6)22)12-13(2)8-9-18(21)19-15(4)10-14(3)11-16(19)5/h10-11,13,18H,7-9,12H2,1-6H3. The van der Waals surface area contributed by atoms with Gasteiger partial charge in [0, 0.05) is 5.92 Å². The van der Waals surface area contributed by atoms with Crippen LogP contribution < -0.4 is 0 Å². The number of ketones is 1. The number of hydrogen-bond acceptors (Lipinski definition) is 3. The Morgan fingerprint density at radius 2 is 1.75 bits per heavy atom. The van der Waals surface area contributed by atoms with Crippen molar-refractivity contribution in [3.8, 4) is 0 Å². The monoisotopic (exact) mass is 330 g/mol. The Morgan fingerprint density at radius 1 is 1.17 bits per heavy atom. The van der Waals surface area contributed by atoms with E-state index in [4.69, 9.17) is 4.74 Å². The van der Waals surface area contributed by atoms with Gasteiger partial charge >= 0.3 is 5.97 Å². The van der Waals surface area contributed by atoms with E-state index in [2.05, 4.69) is 39.8 Å². The lowest BCUT2D eigenvalue weighted by atomic mass is 9.58. The minimum absolute atomic E-state index is 0.0584. The number of esters is 1. The zero-order valence-electron chi connectivity index (χ0n) is 15.9. The van der Waals surface area contributed by atoms with Crippen molar-refractivity contribution in [2.45, 2.75) is 66.7 Å². The van der Waals surface area contributed by atoms with Gasteiger partial charge in [-0.05, 0) is 70.1 Å². The predicted octanol–water partition coefficient (Wildman–Crippen LogP) is 4.65. The van der Waals surface area contributed by atoms with Crippen molar-refractivity contribution in [1.82, 2.24) is 0 Å². The Bertz CT molecular complexity index is 623. The van der Waals surface area contributed by atoms with Crippen LogP contribution in [-0.2, 0) is 14.3 Å². The summed E-state index contributed by atoms with van der Waals surface area (Å²) in [6.45, 7) is 12.0. The fraction of sp³-hybridized carbons (Fsp3) is 0.619. The maximum atomic E-state index is 12.9. The molecule has 3 unspecified atom stereocenters. The minimum atomic E-state index is -1.04. The molecule has 1 saturated carbocycles. The van der Waals surface area contributed by atoms with Crippen molar-refractivity contribution in [1.29, 1.82) is 0 Å². The molecule has 132 valence electrons. The molecule has 2 rings (SSSR count). The molecule has 0 spiro atoms. The summed E-state index contributed by atoms with van der Waals surface area (Å²) in [5.74, 6) is -0.142. The van der Waals surface area contributed by atoms with Crippen LogP contribution in [0.5, 0.6) is 0 Å². The van der Waals surface area contributed by atoms with Crippen molar-refractivity contribution in [2.75, 3.05) is 6.61 Å². The third-order valence-electron chi connectivity index (χ3n) is 5.57. The zero-order valence-corrected chi connectivity index (χ0v) is 15.9. The quantitative estimate of drug-likeness (QED) is 0.596. The number of Topliss-reactive ketones (excluding diaryl/α,β-unsaturated/α-hetero) is 1. The van der Waals surface area contributed by atoms with Crippen LogP contribution >= 0.6 is 0 Å². The van der Waals surface area contributed by atoms with Gasteiger partial charge in [-0.1, -0.05) is 31.0 Å². The molecule has 0 amide bonds. The third kappa shape index (κ3) is 3.13. The number of aryl methyl sites for hydroxylation is 3. The summed E-state index contributed by atoms with van der Waals surface area (Å²) in [6.07, 6.45) is 2.47. The summed E-state index contributed by atoms with van der Waals surface area (Å²) >= 11 is 0. The van der Waals surface area contributed by atoms with E-state index in [9.17, 15) is 9.59 Å². The molecule has 1 fully saturated rings. The zero-order chi connectivity index (χ0) is 18.1. The Kier molecular flexibility index (Phi) is 5.52. The SMILES string of the molecule is CCOC(=O)C1(C(C)=O)CC(C)CCC1c1c(C)cc(C)cc1C. The second-order valence-corrected chi connectivity index (χ2v) is 7.50. The first-order chi connectivity index (χ1) is 11.2. The molecule has 3 atom stereocenters. The smallest absolute Gasteiger partial charge is 0.320 e. The van der Waals surface area contributed by atoms with Crippen LogP contribution in [-0.4, -0.2) is 18.4 Å². The summed E-state index contributed by atoms with van der Waals surface area (Å²) < 4.78 is 5.39. The molecule has 0 aliphatic heterocycles. The lowest BCUT2D eigenvalue weighted by Crippen LogP contribution is -2.48. The maximum absolute atomic E-state index is 12.9. The molecule has 0 N–H and O–H groups in total. The first-order valence-electron chi connectivity index (χ1n) is 9.00. The summed E-state index contributed by atoms with van der Waals surface area (Å²) in [7, 11) is 0. The second kappa shape index (κ2) is 7.08. The first-order valence-corrected chi connectivity index (χ1v) is 9.00. The summed E-state index contributed by atoms with van der Waals surface area (Å²) in [5, 5.41) is 0. The van der Waals surface area contributed by atoms with Gasteiger partial charge in [0.2, 0.25) is 0 Å². The number of rotatable bonds is 4. The highest BCUT2D eigenvalue weighted by Gasteiger charge is 2.54. The van der Waals surface area contributed by atoms with Crippen LogP contribution in [0.15, 0.2) is 12.1 Å². The van der Waals surface area contributed by atoms with Gasteiger partial charge in [-0.25, -0.2) is 0 Å². The van der Waals surface area contributed by atoms with E-state index in [1.807, 2.05) is 0 Å². The molecule has 1 aliphatic rings. The largest absolute Gasteiger partial charge is 0.465 e. The highest BCUT2D eigenvalue weighted by Crippen LogP contribution is 2.52. The molecular weight excluding hydrogens is 300 g/mol. The lowest BCUT2D eigenvalue weighted by Gasteiger charge is -2.44. The van der Waals surface area contributed by atoms with Crippen molar-refractivity contribution in [3.05, 3.63) is 34.4 Å². The Morgan fingerprint density at radius 3 is 2.25 bits per heavy atom. The molecule has 1 aliphatic carbocycles. The van der Waals surface area contributed by atoms with E-state index >= 15 is 0 Å². The van der Waals surface area contributed by atoms with Crippen LogP contribution in [0.1, 0.15) is 68.2 Å². The Balaban J connectivity index is 2.64. The minimum Gasteiger partial charge on any atom is -0.465 e. The highest BCUT2D eigenvalue weighted by atomic mass is 16.5. The van der Waals surface area contributed by atoms with Gasteiger partial charge in [0.25, 0.3) is 0 Å². The van der Waals surface area contributed by atoms with E-state index in [0.717, 1.165) is 18.4 Å². The normalized spacial score (nSPS) is 26.9. The summed E-state index contributed by atoms with van der Waals surface area (Å²) in [4.78, 5) is 25.7. The van der Waals surface area contributed by atoms with E-state index in [0.29, 0.717) is 18.9 Å². The molecule has 1 aromatic carbocycles. The molecule has 24 heavy (non-hydrogen) atoms. The van der Waals surface area contributed by atoms with Crippen molar-refractivity contribution in [3.63, 3.8) is 0 Å². The lowest BCUT2D eigenvalue weighted by molar-refractivity contribution is -0.164. The predicted molar refractivity (Wildman–Crippen MR) is 96.2 cm³/mol. The molecule has 3 heteroatoms. The van der Waals surface area contributed by atoms with Crippen molar-refractivity contribution < 1.29 is 14.3 Å². The van der Waals surface area contributed by atoms with Gasteiger partial charge in [0.1, 0.15) is 11.2 Å².